The van der Waals surface area contributed by atoms with Gasteiger partial charge in [0.15, 0.2) is 0 Å². The zero-order valence-electron chi connectivity index (χ0n) is 6.30. The van der Waals surface area contributed by atoms with Crippen LogP contribution in [0.2, 0.25) is 5.02 Å². The van der Waals surface area contributed by atoms with Gasteiger partial charge in [0.1, 0.15) is 11.0 Å². The molecule has 12 heavy (non-hydrogen) atoms. The van der Waals surface area contributed by atoms with Crippen LogP contribution in [-0.2, 0) is 11.0 Å². The first-order valence-electron chi connectivity index (χ1n) is 3.15. The fraction of sp³-hybridized carbons (Fsp3) is 0.143. The van der Waals surface area contributed by atoms with Gasteiger partial charge in [-0.2, -0.15) is 0 Å². The standard InChI is InChI=1S/C7H7BrClNOS/c1-12(11)10-5-2-3-6(8)7(9)4-5/h2-4,10H,1H3. The molecule has 2 nitrogen and oxygen atoms in total. The minimum atomic E-state index is -1.06. The molecule has 1 rings (SSSR count). The van der Waals surface area contributed by atoms with Gasteiger partial charge in [-0.15, -0.1) is 0 Å². The molecule has 0 saturated heterocycles. The van der Waals surface area contributed by atoms with Crippen LogP contribution in [0.5, 0.6) is 0 Å². The molecule has 1 atom stereocenters. The Kier molecular flexibility index (Phi) is 3.55. The molecule has 5 heteroatoms. The van der Waals surface area contributed by atoms with Crippen molar-refractivity contribution in [3.63, 3.8) is 0 Å². The number of nitrogens with one attached hydrogen (secondary N) is 1. The van der Waals surface area contributed by atoms with Crippen molar-refractivity contribution in [1.82, 2.24) is 0 Å². The van der Waals surface area contributed by atoms with Gasteiger partial charge in [0.05, 0.1) is 5.02 Å². The number of benzene rings is 1. The SMILES string of the molecule is CS(=O)Nc1ccc(Br)c(Cl)c1. The predicted molar refractivity (Wildman–Crippen MR) is 56.8 cm³/mol. The van der Waals surface area contributed by atoms with Crippen LogP contribution >= 0.6 is 27.5 Å². The molecule has 0 aliphatic carbocycles. The van der Waals surface area contributed by atoms with E-state index in [0.29, 0.717) is 5.02 Å². The summed E-state index contributed by atoms with van der Waals surface area (Å²) in [6.07, 6.45) is 1.57. The fourth-order valence-electron chi connectivity index (χ4n) is 0.726. The maximum Gasteiger partial charge on any atom is 0.113 e. The largest absolute Gasteiger partial charge is 0.305 e. The Morgan fingerprint density at radius 1 is 1.58 bits per heavy atom. The summed E-state index contributed by atoms with van der Waals surface area (Å²) < 4.78 is 14.3. The van der Waals surface area contributed by atoms with Gasteiger partial charge >= 0.3 is 0 Å². The van der Waals surface area contributed by atoms with Crippen molar-refractivity contribution >= 4 is 44.2 Å². The van der Waals surface area contributed by atoms with Crippen LogP contribution in [0.25, 0.3) is 0 Å². The molecule has 66 valence electrons. The van der Waals surface area contributed by atoms with Crippen LogP contribution in [0.3, 0.4) is 0 Å². The summed E-state index contributed by atoms with van der Waals surface area (Å²) in [6, 6.07) is 5.32. The number of rotatable bonds is 2. The molecule has 0 heterocycles. The van der Waals surface area contributed by atoms with Crippen molar-refractivity contribution in [3.8, 4) is 0 Å². The van der Waals surface area contributed by atoms with E-state index in [9.17, 15) is 4.21 Å². The summed E-state index contributed by atoms with van der Waals surface area (Å²) in [7, 11) is -1.06. The van der Waals surface area contributed by atoms with E-state index in [1.807, 2.05) is 0 Å². The van der Waals surface area contributed by atoms with E-state index in [1.54, 1.807) is 24.5 Å². The number of hydrogen-bond acceptors (Lipinski definition) is 1. The van der Waals surface area contributed by atoms with E-state index in [4.69, 9.17) is 11.6 Å². The summed E-state index contributed by atoms with van der Waals surface area (Å²) in [5, 5.41) is 0.602. The smallest absolute Gasteiger partial charge is 0.113 e. The molecule has 0 fully saturated rings. The molecule has 0 saturated carbocycles. The van der Waals surface area contributed by atoms with Gasteiger partial charge < -0.3 is 4.72 Å². The van der Waals surface area contributed by atoms with Crippen molar-refractivity contribution < 1.29 is 4.21 Å². The topological polar surface area (TPSA) is 29.1 Å². The lowest BCUT2D eigenvalue weighted by Crippen LogP contribution is -2.00. The first kappa shape index (κ1) is 10.0. The van der Waals surface area contributed by atoms with Gasteiger partial charge in [-0.1, -0.05) is 11.6 Å². The van der Waals surface area contributed by atoms with Gasteiger partial charge in [0.2, 0.25) is 0 Å². The maximum absolute atomic E-state index is 10.8. The van der Waals surface area contributed by atoms with Crippen LogP contribution in [0.4, 0.5) is 5.69 Å². The molecule has 1 aromatic carbocycles. The van der Waals surface area contributed by atoms with Crippen LogP contribution in [0, 0.1) is 0 Å². The number of halogens is 2. The maximum atomic E-state index is 10.8. The van der Waals surface area contributed by atoms with Crippen LogP contribution in [0.15, 0.2) is 22.7 Å². The third kappa shape index (κ3) is 2.77. The minimum Gasteiger partial charge on any atom is -0.305 e. The molecule has 0 radical (unpaired) electrons. The summed E-state index contributed by atoms with van der Waals surface area (Å²) in [5.41, 5.74) is 0.754. The quantitative estimate of drug-likeness (QED) is 0.878. The summed E-state index contributed by atoms with van der Waals surface area (Å²) in [6.45, 7) is 0. The van der Waals surface area contributed by atoms with Crippen molar-refractivity contribution in [1.29, 1.82) is 0 Å². The zero-order valence-corrected chi connectivity index (χ0v) is 9.46. The lowest BCUT2D eigenvalue weighted by Gasteiger charge is -2.02. The van der Waals surface area contributed by atoms with Gasteiger partial charge in [0, 0.05) is 16.4 Å². The second-order valence-corrected chi connectivity index (χ2v) is 4.56. The predicted octanol–water partition coefficient (Wildman–Crippen LogP) is 2.81. The highest BCUT2D eigenvalue weighted by molar-refractivity contribution is 9.10. The first-order chi connectivity index (χ1) is 5.59. The number of anilines is 1. The second-order valence-electron chi connectivity index (χ2n) is 2.19. The first-order valence-corrected chi connectivity index (χ1v) is 5.87. The Morgan fingerprint density at radius 3 is 2.75 bits per heavy atom. The average Bonchev–Trinajstić information content (AvgIpc) is 1.96. The van der Waals surface area contributed by atoms with Crippen LogP contribution in [-0.4, -0.2) is 10.5 Å². The number of hydrogen-bond donors (Lipinski definition) is 1. The van der Waals surface area contributed by atoms with Crippen molar-refractivity contribution in [2.24, 2.45) is 0 Å². The normalized spacial score (nSPS) is 12.6. The molecule has 0 spiro atoms. The third-order valence-electron chi connectivity index (χ3n) is 1.18. The Bertz CT molecular complexity index is 318. The fourth-order valence-corrected chi connectivity index (χ4v) is 1.61. The van der Waals surface area contributed by atoms with Gasteiger partial charge in [-0.05, 0) is 34.1 Å². The summed E-state index contributed by atoms with van der Waals surface area (Å²) >= 11 is 9.07. The Balaban J connectivity index is 2.89. The molecule has 0 bridgehead atoms. The molecular weight excluding hydrogens is 262 g/mol. The molecule has 0 amide bonds. The highest BCUT2D eigenvalue weighted by Gasteiger charge is 1.98. The lowest BCUT2D eigenvalue weighted by molar-refractivity contribution is 0.690. The van der Waals surface area contributed by atoms with Crippen molar-refractivity contribution in [2.75, 3.05) is 11.0 Å². The van der Waals surface area contributed by atoms with E-state index in [2.05, 4.69) is 20.7 Å². The lowest BCUT2D eigenvalue weighted by atomic mass is 10.3. The van der Waals surface area contributed by atoms with Crippen LogP contribution in [0.1, 0.15) is 0 Å². The summed E-state index contributed by atoms with van der Waals surface area (Å²) in [5.74, 6) is 0. The van der Waals surface area contributed by atoms with Crippen molar-refractivity contribution in [2.45, 2.75) is 0 Å². The minimum absolute atomic E-state index is 0.602. The monoisotopic (exact) mass is 267 g/mol. The van der Waals surface area contributed by atoms with E-state index >= 15 is 0 Å². The molecule has 1 unspecified atom stereocenters. The molecular formula is C7H7BrClNOS. The Morgan fingerprint density at radius 2 is 2.25 bits per heavy atom. The third-order valence-corrected chi connectivity index (χ3v) is 2.94. The van der Waals surface area contributed by atoms with Crippen molar-refractivity contribution in [3.05, 3.63) is 27.7 Å². The van der Waals surface area contributed by atoms with E-state index in [1.165, 1.54) is 0 Å². The van der Waals surface area contributed by atoms with Gasteiger partial charge in [-0.25, -0.2) is 4.21 Å². The highest BCUT2D eigenvalue weighted by atomic mass is 79.9. The zero-order chi connectivity index (χ0) is 9.14. The van der Waals surface area contributed by atoms with E-state index in [0.717, 1.165) is 10.2 Å². The Labute approximate surface area is 87.0 Å². The van der Waals surface area contributed by atoms with E-state index < -0.39 is 11.0 Å². The molecule has 0 aromatic heterocycles. The molecule has 1 N–H and O–H groups in total. The van der Waals surface area contributed by atoms with Crippen LogP contribution < -0.4 is 4.72 Å². The average molecular weight is 269 g/mol. The van der Waals surface area contributed by atoms with E-state index in [-0.39, 0.29) is 0 Å². The molecule has 1 aromatic rings. The highest BCUT2D eigenvalue weighted by Crippen LogP contribution is 2.25. The van der Waals surface area contributed by atoms with Gasteiger partial charge in [0.25, 0.3) is 0 Å². The molecule has 0 aliphatic rings. The Hall–Kier alpha value is -0.0600. The second kappa shape index (κ2) is 4.25. The van der Waals surface area contributed by atoms with Gasteiger partial charge in [-0.3, -0.25) is 0 Å². The molecule has 0 aliphatic heterocycles. The summed E-state index contributed by atoms with van der Waals surface area (Å²) in [4.78, 5) is 0.